The number of rotatable bonds is 3. The molecule has 0 radical (unpaired) electrons. The van der Waals surface area contributed by atoms with Gasteiger partial charge in [0.25, 0.3) is 0 Å². The molecule has 2 rings (SSSR count). The van der Waals surface area contributed by atoms with Gasteiger partial charge in [-0.1, -0.05) is 30.3 Å². The van der Waals surface area contributed by atoms with E-state index in [2.05, 4.69) is 0 Å². The number of alkyl halides is 3. The van der Waals surface area contributed by atoms with Gasteiger partial charge in [0.2, 0.25) is 0 Å². The fourth-order valence-corrected chi connectivity index (χ4v) is 2.04. The molecule has 106 valence electrons. The van der Waals surface area contributed by atoms with E-state index in [1.807, 2.05) is 25.1 Å². The fourth-order valence-electron chi connectivity index (χ4n) is 2.04. The van der Waals surface area contributed by atoms with E-state index in [4.69, 9.17) is 4.74 Å². The van der Waals surface area contributed by atoms with E-state index in [0.29, 0.717) is 6.61 Å². The van der Waals surface area contributed by atoms with Gasteiger partial charge < -0.3 is 4.74 Å². The number of methoxy groups -OCH3 is 1. The van der Waals surface area contributed by atoms with Crippen molar-refractivity contribution in [3.63, 3.8) is 0 Å². The Bertz CT molecular complexity index is 586. The summed E-state index contributed by atoms with van der Waals surface area (Å²) in [6.07, 6.45) is -4.29. The highest BCUT2D eigenvalue weighted by Crippen LogP contribution is 2.31. The zero-order valence-corrected chi connectivity index (χ0v) is 11.3. The first kappa shape index (κ1) is 14.6. The van der Waals surface area contributed by atoms with Gasteiger partial charge in [-0.2, -0.15) is 13.2 Å². The summed E-state index contributed by atoms with van der Waals surface area (Å²) in [4.78, 5) is 0. The lowest BCUT2D eigenvalue weighted by Gasteiger charge is -2.10. The smallest absolute Gasteiger partial charge is 0.380 e. The largest absolute Gasteiger partial charge is 0.416 e. The lowest BCUT2D eigenvalue weighted by molar-refractivity contribution is -0.137. The summed E-state index contributed by atoms with van der Waals surface area (Å²) >= 11 is 0. The monoisotopic (exact) mass is 280 g/mol. The first-order valence-electron chi connectivity index (χ1n) is 6.18. The van der Waals surface area contributed by atoms with Crippen LogP contribution in [0.4, 0.5) is 13.2 Å². The molecular weight excluding hydrogens is 265 g/mol. The van der Waals surface area contributed by atoms with E-state index in [9.17, 15) is 13.2 Å². The molecule has 2 aromatic carbocycles. The third-order valence-corrected chi connectivity index (χ3v) is 3.19. The van der Waals surface area contributed by atoms with Gasteiger partial charge in [0.1, 0.15) is 0 Å². The Morgan fingerprint density at radius 3 is 2.05 bits per heavy atom. The Morgan fingerprint density at radius 1 is 0.950 bits per heavy atom. The van der Waals surface area contributed by atoms with E-state index >= 15 is 0 Å². The van der Waals surface area contributed by atoms with Gasteiger partial charge >= 0.3 is 6.18 Å². The molecular formula is C16H15F3O. The molecule has 0 aliphatic heterocycles. The molecule has 20 heavy (non-hydrogen) atoms. The molecule has 0 fully saturated rings. The molecule has 0 aliphatic carbocycles. The first-order chi connectivity index (χ1) is 9.41. The normalized spacial score (nSPS) is 11.7. The van der Waals surface area contributed by atoms with Crippen LogP contribution in [0.2, 0.25) is 0 Å². The van der Waals surface area contributed by atoms with E-state index < -0.39 is 11.7 Å². The summed E-state index contributed by atoms with van der Waals surface area (Å²) in [5.41, 5.74) is 3.17. The molecule has 0 atom stereocenters. The highest BCUT2D eigenvalue weighted by atomic mass is 19.4. The Morgan fingerprint density at radius 2 is 1.55 bits per heavy atom. The van der Waals surface area contributed by atoms with Crippen LogP contribution in [0.3, 0.4) is 0 Å². The van der Waals surface area contributed by atoms with Crippen LogP contribution in [0, 0.1) is 6.92 Å². The maximum absolute atomic E-state index is 12.5. The number of benzene rings is 2. The van der Waals surface area contributed by atoms with Gasteiger partial charge in [-0.15, -0.1) is 0 Å². The van der Waals surface area contributed by atoms with E-state index in [1.54, 1.807) is 7.11 Å². The van der Waals surface area contributed by atoms with Crippen molar-refractivity contribution in [2.75, 3.05) is 7.11 Å². The SMILES string of the molecule is COCc1ccc(-c2ccc(C(F)(F)F)cc2)cc1C. The number of hydrogen-bond donors (Lipinski definition) is 0. The van der Waals surface area contributed by atoms with Crippen molar-refractivity contribution in [1.82, 2.24) is 0 Å². The summed E-state index contributed by atoms with van der Waals surface area (Å²) in [6.45, 7) is 2.49. The molecule has 0 unspecified atom stereocenters. The van der Waals surface area contributed by atoms with E-state index in [1.165, 1.54) is 12.1 Å². The van der Waals surface area contributed by atoms with Crippen LogP contribution in [-0.2, 0) is 17.5 Å². The van der Waals surface area contributed by atoms with Crippen molar-refractivity contribution in [3.8, 4) is 11.1 Å². The lowest BCUT2D eigenvalue weighted by Crippen LogP contribution is -2.04. The average Bonchev–Trinajstić information content (AvgIpc) is 2.40. The first-order valence-corrected chi connectivity index (χ1v) is 6.18. The fraction of sp³-hybridized carbons (Fsp3) is 0.250. The lowest BCUT2D eigenvalue weighted by atomic mass is 9.99. The topological polar surface area (TPSA) is 9.23 Å². The van der Waals surface area contributed by atoms with Crippen LogP contribution in [0.1, 0.15) is 16.7 Å². The summed E-state index contributed by atoms with van der Waals surface area (Å²) < 4.78 is 42.6. The molecule has 0 aromatic heterocycles. The number of ether oxygens (including phenoxy) is 1. The van der Waals surface area contributed by atoms with Crippen molar-refractivity contribution in [1.29, 1.82) is 0 Å². The molecule has 0 saturated carbocycles. The molecule has 0 N–H and O–H groups in total. The summed E-state index contributed by atoms with van der Waals surface area (Å²) in [5.74, 6) is 0. The second kappa shape index (κ2) is 5.67. The van der Waals surface area contributed by atoms with Crippen LogP contribution >= 0.6 is 0 Å². The Labute approximate surface area is 116 Å². The second-order valence-corrected chi connectivity index (χ2v) is 4.65. The minimum Gasteiger partial charge on any atom is -0.380 e. The van der Waals surface area contributed by atoms with Gasteiger partial charge in [-0.3, -0.25) is 0 Å². The number of hydrogen-bond acceptors (Lipinski definition) is 1. The standard InChI is InChI=1S/C16H15F3O/c1-11-9-13(3-4-14(11)10-20-2)12-5-7-15(8-6-12)16(17,18)19/h3-9H,10H2,1-2H3. The van der Waals surface area contributed by atoms with Crippen molar-refractivity contribution in [2.45, 2.75) is 19.7 Å². The van der Waals surface area contributed by atoms with Crippen molar-refractivity contribution >= 4 is 0 Å². The van der Waals surface area contributed by atoms with E-state index in [-0.39, 0.29) is 0 Å². The predicted octanol–water partition coefficient (Wildman–Crippen LogP) is 4.83. The van der Waals surface area contributed by atoms with E-state index in [0.717, 1.165) is 34.4 Å². The zero-order chi connectivity index (χ0) is 14.8. The Kier molecular flexibility index (Phi) is 4.14. The van der Waals surface area contributed by atoms with Crippen LogP contribution in [0.15, 0.2) is 42.5 Å². The molecule has 0 heterocycles. The maximum atomic E-state index is 12.5. The summed E-state index contributed by atoms with van der Waals surface area (Å²) in [7, 11) is 1.63. The number of halogens is 3. The van der Waals surface area contributed by atoms with Gasteiger partial charge in [0.05, 0.1) is 12.2 Å². The summed E-state index contributed by atoms with van der Waals surface area (Å²) in [5, 5.41) is 0. The highest BCUT2D eigenvalue weighted by molar-refractivity contribution is 5.65. The van der Waals surface area contributed by atoms with Gasteiger partial charge in [-0.05, 0) is 41.3 Å². The Balaban J connectivity index is 2.30. The third kappa shape index (κ3) is 3.20. The zero-order valence-electron chi connectivity index (χ0n) is 11.3. The highest BCUT2D eigenvalue weighted by Gasteiger charge is 2.29. The second-order valence-electron chi connectivity index (χ2n) is 4.65. The third-order valence-electron chi connectivity index (χ3n) is 3.19. The van der Waals surface area contributed by atoms with Gasteiger partial charge in [0.15, 0.2) is 0 Å². The van der Waals surface area contributed by atoms with Crippen LogP contribution in [-0.4, -0.2) is 7.11 Å². The summed E-state index contributed by atoms with van der Waals surface area (Å²) in [6, 6.07) is 11.0. The molecule has 0 saturated heterocycles. The molecule has 4 heteroatoms. The molecule has 0 spiro atoms. The predicted molar refractivity (Wildman–Crippen MR) is 72.3 cm³/mol. The molecule has 0 amide bonds. The average molecular weight is 280 g/mol. The van der Waals surface area contributed by atoms with Crippen LogP contribution in [0.25, 0.3) is 11.1 Å². The van der Waals surface area contributed by atoms with Gasteiger partial charge in [0, 0.05) is 7.11 Å². The molecule has 0 aliphatic rings. The van der Waals surface area contributed by atoms with Crippen molar-refractivity contribution in [3.05, 3.63) is 59.2 Å². The molecule has 1 nitrogen and oxygen atoms in total. The van der Waals surface area contributed by atoms with Crippen LogP contribution < -0.4 is 0 Å². The van der Waals surface area contributed by atoms with Crippen LogP contribution in [0.5, 0.6) is 0 Å². The quantitative estimate of drug-likeness (QED) is 0.782. The maximum Gasteiger partial charge on any atom is 0.416 e. The minimum atomic E-state index is -4.29. The number of aryl methyl sites for hydroxylation is 1. The Hall–Kier alpha value is -1.81. The van der Waals surface area contributed by atoms with Gasteiger partial charge in [-0.25, -0.2) is 0 Å². The molecule has 0 bridgehead atoms. The van der Waals surface area contributed by atoms with Crippen molar-refractivity contribution in [2.24, 2.45) is 0 Å². The molecule has 2 aromatic rings. The van der Waals surface area contributed by atoms with Crippen molar-refractivity contribution < 1.29 is 17.9 Å². The minimum absolute atomic E-state index is 0.527.